The van der Waals surface area contributed by atoms with E-state index in [1.165, 1.54) is 22.3 Å². The molecular formula is C27H30N2O. The van der Waals surface area contributed by atoms with Crippen LogP contribution in [0.5, 0.6) is 0 Å². The van der Waals surface area contributed by atoms with E-state index in [1.807, 2.05) is 18.4 Å². The van der Waals surface area contributed by atoms with Crippen molar-refractivity contribution in [2.75, 3.05) is 0 Å². The summed E-state index contributed by atoms with van der Waals surface area (Å²) in [4.78, 5) is 20.1. The molecule has 2 aliphatic carbocycles. The quantitative estimate of drug-likeness (QED) is 0.502. The first kappa shape index (κ1) is 20.3. The number of H-pyrrole nitrogens is 1. The highest BCUT2D eigenvalue weighted by molar-refractivity contribution is 5.79. The second kappa shape index (κ2) is 8.06. The van der Waals surface area contributed by atoms with Crippen molar-refractivity contribution >= 4 is 12.3 Å². The molecule has 2 bridgehead atoms. The zero-order chi connectivity index (χ0) is 21.3. The van der Waals surface area contributed by atoms with Crippen LogP contribution in [0.3, 0.4) is 0 Å². The molecule has 4 rings (SSSR count). The molecular weight excluding hydrogens is 368 g/mol. The Kier molecular flexibility index (Phi) is 5.46. The van der Waals surface area contributed by atoms with E-state index in [-0.39, 0.29) is 11.5 Å². The normalized spacial score (nSPS) is 24.6. The molecule has 3 heteroatoms. The smallest absolute Gasteiger partial charge is 0.248 e. The Morgan fingerprint density at radius 2 is 2.07 bits per heavy atom. The van der Waals surface area contributed by atoms with Crippen LogP contribution in [-0.2, 0) is 12.0 Å². The van der Waals surface area contributed by atoms with Gasteiger partial charge in [0.1, 0.15) is 5.54 Å². The minimum absolute atomic E-state index is 0.0412. The Morgan fingerprint density at radius 1 is 1.23 bits per heavy atom. The summed E-state index contributed by atoms with van der Waals surface area (Å²) in [6.45, 7) is 8.71. The fourth-order valence-corrected chi connectivity index (χ4v) is 5.00. The predicted octanol–water partition coefficient (Wildman–Crippen LogP) is 5.95. The average Bonchev–Trinajstić information content (AvgIpc) is 2.70. The van der Waals surface area contributed by atoms with Crippen molar-refractivity contribution in [1.82, 2.24) is 4.98 Å². The number of aliphatic imine (C=N–C) groups is 1. The molecule has 0 fully saturated rings. The maximum absolute atomic E-state index is 11.9. The van der Waals surface area contributed by atoms with Crippen molar-refractivity contribution in [3.05, 3.63) is 98.5 Å². The van der Waals surface area contributed by atoms with E-state index in [0.29, 0.717) is 5.92 Å². The average molecular weight is 399 g/mol. The van der Waals surface area contributed by atoms with Gasteiger partial charge in [0.05, 0.1) is 0 Å². The van der Waals surface area contributed by atoms with Crippen LogP contribution in [-0.4, -0.2) is 11.2 Å². The van der Waals surface area contributed by atoms with E-state index in [4.69, 9.17) is 4.99 Å². The molecule has 2 aliphatic rings. The van der Waals surface area contributed by atoms with Crippen LogP contribution in [0.15, 0.2) is 75.6 Å². The summed E-state index contributed by atoms with van der Waals surface area (Å²) in [5.41, 5.74) is 6.89. The second-order valence-corrected chi connectivity index (χ2v) is 8.78. The SMILES string of the molecule is C/C=C1\[C@H]2C=C(C)C[C@]1(N=CC=Cc1cccc(C(C)C)c1)c1ccc(=O)[nH]c1C2. The van der Waals surface area contributed by atoms with Crippen LogP contribution in [0.25, 0.3) is 6.08 Å². The highest BCUT2D eigenvalue weighted by Crippen LogP contribution is 2.51. The lowest BCUT2D eigenvalue weighted by Gasteiger charge is -2.45. The van der Waals surface area contributed by atoms with Crippen LogP contribution in [0.4, 0.5) is 0 Å². The standard InChI is InChI=1S/C27H30N2O/c1-5-23-22-14-19(4)17-27(23,24-11-12-26(30)29-25(24)16-22)28-13-7-9-20-8-6-10-21(15-20)18(2)3/h5-15,18,22H,16-17H2,1-4H3,(H,29,30)/b9-7?,23-5+,28-13?/t22-,27+/m0/s1. The summed E-state index contributed by atoms with van der Waals surface area (Å²) in [5, 5.41) is 0. The van der Waals surface area contributed by atoms with Gasteiger partial charge in [-0.15, -0.1) is 0 Å². The fraction of sp³-hybridized carbons (Fsp3) is 0.333. The number of aromatic amines is 1. The zero-order valence-corrected chi connectivity index (χ0v) is 18.3. The summed E-state index contributed by atoms with van der Waals surface area (Å²) in [7, 11) is 0. The number of benzene rings is 1. The highest BCUT2D eigenvalue weighted by atomic mass is 16.1. The summed E-state index contributed by atoms with van der Waals surface area (Å²) < 4.78 is 0. The van der Waals surface area contributed by atoms with Gasteiger partial charge in [-0.3, -0.25) is 9.79 Å². The maximum atomic E-state index is 11.9. The van der Waals surface area contributed by atoms with Crippen LogP contribution in [0.1, 0.15) is 62.4 Å². The number of fused-ring (bicyclic) bond motifs is 4. The number of pyridine rings is 1. The first-order chi connectivity index (χ1) is 14.4. The molecule has 0 saturated carbocycles. The summed E-state index contributed by atoms with van der Waals surface area (Å²) in [6, 6.07) is 12.2. The summed E-state index contributed by atoms with van der Waals surface area (Å²) in [6.07, 6.45) is 12.3. The van der Waals surface area contributed by atoms with Gasteiger partial charge in [0.25, 0.3) is 0 Å². The van der Waals surface area contributed by atoms with Crippen LogP contribution in [0, 0.1) is 5.92 Å². The molecule has 1 N–H and O–H groups in total. The number of hydrogen-bond donors (Lipinski definition) is 1. The second-order valence-electron chi connectivity index (χ2n) is 8.78. The molecule has 0 saturated heterocycles. The van der Waals surface area contributed by atoms with Gasteiger partial charge in [0.15, 0.2) is 0 Å². The zero-order valence-electron chi connectivity index (χ0n) is 18.3. The monoisotopic (exact) mass is 398 g/mol. The topological polar surface area (TPSA) is 45.2 Å². The van der Waals surface area contributed by atoms with Gasteiger partial charge in [-0.2, -0.15) is 0 Å². The number of nitrogens with one attached hydrogen (secondary N) is 1. The molecule has 0 amide bonds. The van der Waals surface area contributed by atoms with Crippen molar-refractivity contribution in [3.8, 4) is 0 Å². The van der Waals surface area contributed by atoms with E-state index in [0.717, 1.165) is 24.1 Å². The number of hydrogen-bond acceptors (Lipinski definition) is 2. The van der Waals surface area contributed by atoms with Gasteiger partial charge >= 0.3 is 0 Å². The van der Waals surface area contributed by atoms with Crippen molar-refractivity contribution in [3.63, 3.8) is 0 Å². The Bertz CT molecular complexity index is 1130. The lowest BCUT2D eigenvalue weighted by atomic mass is 9.63. The third-order valence-corrected chi connectivity index (χ3v) is 6.33. The number of nitrogens with zero attached hydrogens (tertiary/aromatic N) is 1. The van der Waals surface area contributed by atoms with Gasteiger partial charge in [-0.1, -0.05) is 61.9 Å². The van der Waals surface area contributed by atoms with E-state index in [9.17, 15) is 4.79 Å². The van der Waals surface area contributed by atoms with E-state index in [2.05, 4.69) is 75.2 Å². The van der Waals surface area contributed by atoms with E-state index >= 15 is 0 Å². The highest BCUT2D eigenvalue weighted by Gasteiger charge is 2.46. The Morgan fingerprint density at radius 3 is 2.83 bits per heavy atom. The fourth-order valence-electron chi connectivity index (χ4n) is 5.00. The number of aromatic nitrogens is 1. The first-order valence-corrected chi connectivity index (χ1v) is 10.8. The first-order valence-electron chi connectivity index (χ1n) is 10.8. The molecule has 0 radical (unpaired) electrons. The number of allylic oxidation sites excluding steroid dienone is 3. The molecule has 0 spiro atoms. The summed E-state index contributed by atoms with van der Waals surface area (Å²) in [5.74, 6) is 0.802. The Hall–Kier alpha value is -2.94. The molecule has 2 atom stereocenters. The third-order valence-electron chi connectivity index (χ3n) is 6.33. The van der Waals surface area contributed by atoms with Crippen molar-refractivity contribution in [1.29, 1.82) is 0 Å². The molecule has 2 aromatic rings. The molecule has 0 unspecified atom stereocenters. The van der Waals surface area contributed by atoms with Crippen molar-refractivity contribution in [2.24, 2.45) is 10.9 Å². The van der Waals surface area contributed by atoms with Gasteiger partial charge in [-0.05, 0) is 55.0 Å². The van der Waals surface area contributed by atoms with Gasteiger partial charge < -0.3 is 4.98 Å². The predicted molar refractivity (Wildman–Crippen MR) is 126 cm³/mol. The maximum Gasteiger partial charge on any atom is 0.248 e. The van der Waals surface area contributed by atoms with E-state index < -0.39 is 5.54 Å². The van der Waals surface area contributed by atoms with Crippen molar-refractivity contribution < 1.29 is 0 Å². The van der Waals surface area contributed by atoms with Crippen LogP contribution in [0.2, 0.25) is 0 Å². The molecule has 154 valence electrons. The van der Waals surface area contributed by atoms with Gasteiger partial charge in [0.2, 0.25) is 5.56 Å². The molecule has 1 heterocycles. The lowest BCUT2D eigenvalue weighted by Crippen LogP contribution is -2.40. The van der Waals surface area contributed by atoms with Gasteiger partial charge in [-0.25, -0.2) is 0 Å². The molecule has 1 aromatic carbocycles. The lowest BCUT2D eigenvalue weighted by molar-refractivity contribution is 0.413. The minimum atomic E-state index is -0.430. The van der Waals surface area contributed by atoms with Gasteiger partial charge in [0, 0.05) is 35.9 Å². The third kappa shape index (κ3) is 3.65. The van der Waals surface area contributed by atoms with E-state index in [1.54, 1.807) is 6.07 Å². The van der Waals surface area contributed by atoms with Crippen LogP contribution < -0.4 is 5.56 Å². The molecule has 1 aromatic heterocycles. The van der Waals surface area contributed by atoms with Crippen molar-refractivity contribution in [2.45, 2.75) is 52.0 Å². The number of rotatable bonds is 4. The molecule has 30 heavy (non-hydrogen) atoms. The minimum Gasteiger partial charge on any atom is -0.326 e. The molecule has 0 aliphatic heterocycles. The Labute approximate surface area is 179 Å². The largest absolute Gasteiger partial charge is 0.326 e. The Balaban J connectivity index is 1.73. The molecule has 3 nitrogen and oxygen atoms in total. The summed E-state index contributed by atoms with van der Waals surface area (Å²) >= 11 is 0. The van der Waals surface area contributed by atoms with Crippen LogP contribution >= 0.6 is 0 Å².